The molecule has 1 amide bonds. The molecule has 2 rings (SSSR count). The summed E-state index contributed by atoms with van der Waals surface area (Å²) in [6, 6.07) is 4.63. The lowest BCUT2D eigenvalue weighted by atomic mass is 9.78. The lowest BCUT2D eigenvalue weighted by molar-refractivity contribution is -0.119. The van der Waals surface area contributed by atoms with Crippen molar-refractivity contribution in [3.63, 3.8) is 0 Å². The summed E-state index contributed by atoms with van der Waals surface area (Å²) >= 11 is 1.32. The van der Waals surface area contributed by atoms with Crippen LogP contribution in [0.4, 0.5) is 10.1 Å². The van der Waals surface area contributed by atoms with E-state index >= 15 is 0 Å². The van der Waals surface area contributed by atoms with Crippen molar-refractivity contribution < 1.29 is 9.18 Å². The number of carbonyl (C=O) groups excluding carboxylic acids is 1. The van der Waals surface area contributed by atoms with Crippen molar-refractivity contribution in [2.45, 2.75) is 44.0 Å². The zero-order valence-corrected chi connectivity index (χ0v) is 13.4. The van der Waals surface area contributed by atoms with Gasteiger partial charge < -0.3 is 11.1 Å². The largest absolute Gasteiger partial charge is 0.399 e. The predicted molar refractivity (Wildman–Crippen MR) is 85.6 cm³/mol. The van der Waals surface area contributed by atoms with E-state index in [4.69, 9.17) is 5.73 Å². The molecule has 116 valence electrons. The Hall–Kier alpha value is -1.23. The van der Waals surface area contributed by atoms with Gasteiger partial charge in [0.1, 0.15) is 5.82 Å². The van der Waals surface area contributed by atoms with Crippen molar-refractivity contribution in [3.05, 3.63) is 24.0 Å². The van der Waals surface area contributed by atoms with Gasteiger partial charge in [-0.05, 0) is 36.5 Å². The first kappa shape index (κ1) is 16.1. The average Bonchev–Trinajstić information content (AvgIpc) is 2.41. The molecule has 1 fully saturated rings. The molecule has 0 radical (unpaired) electrons. The van der Waals surface area contributed by atoms with Crippen LogP contribution in [0, 0.1) is 17.7 Å². The van der Waals surface area contributed by atoms with Crippen LogP contribution in [-0.4, -0.2) is 17.7 Å². The Kier molecular flexibility index (Phi) is 5.51. The molecule has 0 aliphatic heterocycles. The van der Waals surface area contributed by atoms with E-state index in [-0.39, 0.29) is 17.8 Å². The summed E-state index contributed by atoms with van der Waals surface area (Å²) in [6.07, 6.45) is 3.46. The molecule has 0 saturated heterocycles. The molecule has 1 saturated carbocycles. The lowest BCUT2D eigenvalue weighted by Gasteiger charge is -2.34. The molecule has 0 bridgehead atoms. The van der Waals surface area contributed by atoms with E-state index in [1.54, 1.807) is 6.07 Å². The summed E-state index contributed by atoms with van der Waals surface area (Å²) in [6.45, 7) is 4.45. The third kappa shape index (κ3) is 4.63. The van der Waals surface area contributed by atoms with Crippen LogP contribution in [0.15, 0.2) is 23.1 Å². The number of nitrogens with two attached hydrogens (primary N) is 1. The quantitative estimate of drug-likeness (QED) is 0.661. The smallest absolute Gasteiger partial charge is 0.230 e. The number of amides is 1. The van der Waals surface area contributed by atoms with Crippen molar-refractivity contribution >= 4 is 23.4 Å². The molecule has 1 aromatic rings. The second-order valence-electron chi connectivity index (χ2n) is 5.95. The lowest BCUT2D eigenvalue weighted by Crippen LogP contribution is -2.44. The van der Waals surface area contributed by atoms with E-state index in [1.807, 2.05) is 0 Å². The first-order chi connectivity index (χ1) is 9.95. The number of halogens is 1. The zero-order chi connectivity index (χ0) is 15.4. The van der Waals surface area contributed by atoms with E-state index in [1.165, 1.54) is 36.7 Å². The summed E-state index contributed by atoms with van der Waals surface area (Å²) in [5, 5.41) is 3.11. The summed E-state index contributed by atoms with van der Waals surface area (Å²) in [4.78, 5) is 12.7. The van der Waals surface area contributed by atoms with E-state index in [0.29, 0.717) is 28.2 Å². The molecule has 0 spiro atoms. The fourth-order valence-electron chi connectivity index (χ4n) is 2.85. The summed E-state index contributed by atoms with van der Waals surface area (Å²) < 4.78 is 13.2. The van der Waals surface area contributed by atoms with Crippen molar-refractivity contribution in [1.82, 2.24) is 5.32 Å². The predicted octanol–water partition coefficient (Wildman–Crippen LogP) is 3.44. The SMILES string of the molecule is CC1CCCC(NC(=O)CSc2cc(N)cc(F)c2)C1C. The van der Waals surface area contributed by atoms with Crippen molar-refractivity contribution in [1.29, 1.82) is 0 Å². The van der Waals surface area contributed by atoms with Crippen LogP contribution in [0.25, 0.3) is 0 Å². The highest BCUT2D eigenvalue weighted by Gasteiger charge is 2.27. The maximum absolute atomic E-state index is 13.2. The van der Waals surface area contributed by atoms with Gasteiger partial charge in [-0.3, -0.25) is 4.79 Å². The molecule has 1 aliphatic carbocycles. The second-order valence-corrected chi connectivity index (χ2v) is 7.00. The minimum atomic E-state index is -0.368. The van der Waals surface area contributed by atoms with Crippen molar-refractivity contribution in [2.24, 2.45) is 11.8 Å². The van der Waals surface area contributed by atoms with Crippen molar-refractivity contribution in [3.8, 4) is 0 Å². The minimum Gasteiger partial charge on any atom is -0.399 e. The van der Waals surface area contributed by atoms with Crippen LogP contribution >= 0.6 is 11.8 Å². The second kappa shape index (κ2) is 7.16. The number of hydrogen-bond acceptors (Lipinski definition) is 3. The third-order valence-electron chi connectivity index (χ3n) is 4.32. The van der Waals surface area contributed by atoms with Crippen LogP contribution in [0.2, 0.25) is 0 Å². The number of hydrogen-bond donors (Lipinski definition) is 2. The molecule has 3 unspecified atom stereocenters. The van der Waals surface area contributed by atoms with Gasteiger partial charge in [-0.15, -0.1) is 11.8 Å². The minimum absolute atomic E-state index is 0.00813. The average molecular weight is 310 g/mol. The number of nitrogens with one attached hydrogen (secondary N) is 1. The van der Waals surface area contributed by atoms with Gasteiger partial charge in [0.25, 0.3) is 0 Å². The van der Waals surface area contributed by atoms with Crippen LogP contribution in [0.3, 0.4) is 0 Å². The normalized spacial score (nSPS) is 25.6. The molecule has 3 N–H and O–H groups in total. The summed E-state index contributed by atoms with van der Waals surface area (Å²) in [7, 11) is 0. The Morgan fingerprint density at radius 2 is 2.14 bits per heavy atom. The van der Waals surface area contributed by atoms with E-state index in [0.717, 1.165) is 6.42 Å². The molecule has 1 aromatic carbocycles. The van der Waals surface area contributed by atoms with Gasteiger partial charge in [0.2, 0.25) is 5.91 Å². The van der Waals surface area contributed by atoms with Gasteiger partial charge in [0.15, 0.2) is 0 Å². The molecule has 3 atom stereocenters. The van der Waals surface area contributed by atoms with Crippen LogP contribution in [0.1, 0.15) is 33.1 Å². The highest BCUT2D eigenvalue weighted by atomic mass is 32.2. The fourth-order valence-corrected chi connectivity index (χ4v) is 3.65. The van der Waals surface area contributed by atoms with Gasteiger partial charge in [-0.1, -0.05) is 26.7 Å². The molecule has 0 heterocycles. The third-order valence-corrected chi connectivity index (χ3v) is 5.29. The Morgan fingerprint density at radius 3 is 2.86 bits per heavy atom. The zero-order valence-electron chi connectivity index (χ0n) is 12.6. The number of thioether (sulfide) groups is 1. The van der Waals surface area contributed by atoms with E-state index in [9.17, 15) is 9.18 Å². The Balaban J connectivity index is 1.84. The van der Waals surface area contributed by atoms with Gasteiger partial charge in [0, 0.05) is 16.6 Å². The van der Waals surface area contributed by atoms with Gasteiger partial charge >= 0.3 is 0 Å². The highest BCUT2D eigenvalue weighted by Crippen LogP contribution is 2.29. The molecular weight excluding hydrogens is 287 g/mol. The standard InChI is InChI=1S/C16H23FN2OS/c1-10-4-3-5-15(11(10)2)19-16(20)9-21-14-7-12(17)6-13(18)8-14/h6-8,10-11,15H,3-5,9,18H2,1-2H3,(H,19,20). The van der Waals surface area contributed by atoms with Crippen molar-refractivity contribution in [2.75, 3.05) is 11.5 Å². The molecule has 1 aliphatic rings. The molecule has 5 heteroatoms. The number of carbonyl (C=O) groups is 1. The first-order valence-electron chi connectivity index (χ1n) is 7.44. The molecule has 3 nitrogen and oxygen atoms in total. The van der Waals surface area contributed by atoms with E-state index in [2.05, 4.69) is 19.2 Å². The fraction of sp³-hybridized carbons (Fsp3) is 0.562. The van der Waals surface area contributed by atoms with Gasteiger partial charge in [-0.2, -0.15) is 0 Å². The summed E-state index contributed by atoms with van der Waals surface area (Å²) in [5.74, 6) is 1.10. The molecule has 21 heavy (non-hydrogen) atoms. The number of rotatable bonds is 4. The maximum Gasteiger partial charge on any atom is 0.230 e. The maximum atomic E-state index is 13.2. The Labute approximate surface area is 129 Å². The molecular formula is C16H23FN2OS. The number of nitrogen functional groups attached to an aromatic ring is 1. The number of anilines is 1. The van der Waals surface area contributed by atoms with Gasteiger partial charge in [0.05, 0.1) is 5.75 Å². The number of benzene rings is 1. The van der Waals surface area contributed by atoms with Crippen LogP contribution in [-0.2, 0) is 4.79 Å². The van der Waals surface area contributed by atoms with Gasteiger partial charge in [-0.25, -0.2) is 4.39 Å². The molecule has 0 aromatic heterocycles. The van der Waals surface area contributed by atoms with Crippen LogP contribution < -0.4 is 11.1 Å². The first-order valence-corrected chi connectivity index (χ1v) is 8.42. The van der Waals surface area contributed by atoms with Crippen LogP contribution in [0.5, 0.6) is 0 Å². The topological polar surface area (TPSA) is 55.1 Å². The van der Waals surface area contributed by atoms with E-state index < -0.39 is 0 Å². The summed E-state index contributed by atoms with van der Waals surface area (Å²) in [5.41, 5.74) is 5.98. The Bertz CT molecular complexity index is 489. The Morgan fingerprint density at radius 1 is 1.38 bits per heavy atom. The highest BCUT2D eigenvalue weighted by molar-refractivity contribution is 8.00. The monoisotopic (exact) mass is 310 g/mol.